The molecule has 1 aliphatic rings. The first-order valence-corrected chi connectivity index (χ1v) is 9.48. The smallest absolute Gasteiger partial charge is 0.323 e. The summed E-state index contributed by atoms with van der Waals surface area (Å²) in [6.07, 6.45) is 0. The number of rotatable bonds is 4. The third-order valence-electron chi connectivity index (χ3n) is 4.57. The van der Waals surface area contributed by atoms with Crippen LogP contribution in [0.2, 0.25) is 0 Å². The Morgan fingerprint density at radius 3 is 2.58 bits per heavy atom. The molecule has 0 fully saturated rings. The predicted molar refractivity (Wildman–Crippen MR) is 94.4 cm³/mol. The lowest BCUT2D eigenvalue weighted by molar-refractivity contribution is -0.142. The summed E-state index contributed by atoms with van der Waals surface area (Å²) in [5, 5.41) is 17.5. The molecule has 3 rings (SSSR count). The van der Waals surface area contributed by atoms with Gasteiger partial charge in [-0.3, -0.25) is 4.79 Å². The van der Waals surface area contributed by atoms with Gasteiger partial charge in [0.2, 0.25) is 10.0 Å². The molecule has 0 saturated carbocycles. The molecule has 2 aromatic rings. The molecule has 1 aromatic heterocycles. The van der Waals surface area contributed by atoms with Crippen LogP contribution in [0.25, 0.3) is 0 Å². The van der Waals surface area contributed by atoms with Crippen LogP contribution in [-0.4, -0.2) is 58.7 Å². The number of aryl methyl sites for hydroxylation is 2. The predicted octanol–water partition coefficient (Wildman–Crippen LogP) is 0.619. The number of aliphatic carboxylic acids is 1. The molecule has 1 atom stereocenters. The number of sulfonamides is 1. The van der Waals surface area contributed by atoms with E-state index in [4.69, 9.17) is 0 Å². The highest BCUT2D eigenvalue weighted by Crippen LogP contribution is 2.29. The Hall–Kier alpha value is -2.46. The average Bonchev–Trinajstić information content (AvgIpc) is 2.94. The van der Waals surface area contributed by atoms with E-state index < -0.39 is 22.0 Å². The second kappa shape index (κ2) is 6.36. The monoisotopic (exact) mass is 379 g/mol. The van der Waals surface area contributed by atoms with E-state index in [9.17, 15) is 18.3 Å². The fourth-order valence-corrected chi connectivity index (χ4v) is 4.66. The molecule has 9 nitrogen and oxygen atoms in total. The number of hydrogen-bond donors (Lipinski definition) is 1. The summed E-state index contributed by atoms with van der Waals surface area (Å²) in [4.78, 5) is 13.6. The van der Waals surface area contributed by atoms with Crippen LogP contribution in [0.1, 0.15) is 17.2 Å². The van der Waals surface area contributed by atoms with Gasteiger partial charge in [0.25, 0.3) is 0 Å². The van der Waals surface area contributed by atoms with Gasteiger partial charge < -0.3 is 14.6 Å². The van der Waals surface area contributed by atoms with Crippen molar-refractivity contribution < 1.29 is 18.3 Å². The van der Waals surface area contributed by atoms with Crippen molar-refractivity contribution in [2.75, 3.05) is 19.0 Å². The van der Waals surface area contributed by atoms with Crippen molar-refractivity contribution in [1.29, 1.82) is 0 Å². The van der Waals surface area contributed by atoms with Crippen LogP contribution in [-0.2, 0) is 27.9 Å². The first-order chi connectivity index (χ1) is 12.1. The van der Waals surface area contributed by atoms with Gasteiger partial charge in [-0.2, -0.15) is 4.31 Å². The number of aromatic nitrogens is 3. The van der Waals surface area contributed by atoms with Crippen molar-refractivity contribution in [3.63, 3.8) is 0 Å². The summed E-state index contributed by atoms with van der Waals surface area (Å²) in [5.41, 5.74) is 1.69. The van der Waals surface area contributed by atoms with E-state index in [0.29, 0.717) is 11.6 Å². The zero-order valence-corrected chi connectivity index (χ0v) is 15.9. The minimum atomic E-state index is -4.02. The fourth-order valence-electron chi connectivity index (χ4n) is 3.11. The molecule has 140 valence electrons. The molecule has 0 radical (unpaired) electrons. The van der Waals surface area contributed by atoms with Gasteiger partial charge >= 0.3 is 5.97 Å². The molecule has 0 amide bonds. The molecule has 0 saturated heterocycles. The molecule has 0 bridgehead atoms. The largest absolute Gasteiger partial charge is 0.480 e. The highest BCUT2D eigenvalue weighted by Gasteiger charge is 2.41. The minimum Gasteiger partial charge on any atom is -0.480 e. The lowest BCUT2D eigenvalue weighted by Crippen LogP contribution is -2.50. The van der Waals surface area contributed by atoms with E-state index in [1.165, 1.54) is 6.07 Å². The van der Waals surface area contributed by atoms with Crippen LogP contribution >= 0.6 is 0 Å². The summed E-state index contributed by atoms with van der Waals surface area (Å²) >= 11 is 0. The zero-order valence-electron chi connectivity index (χ0n) is 15.0. The normalized spacial score (nSPS) is 17.8. The van der Waals surface area contributed by atoms with Gasteiger partial charge in [-0.1, -0.05) is 6.07 Å². The summed E-state index contributed by atoms with van der Waals surface area (Å²) in [6.45, 7) is 3.45. The number of carbonyl (C=O) groups is 1. The van der Waals surface area contributed by atoms with Gasteiger partial charge in [0.05, 0.1) is 18.0 Å². The van der Waals surface area contributed by atoms with Crippen LogP contribution in [0, 0.1) is 13.8 Å². The fraction of sp³-hybridized carbons (Fsp3) is 0.438. The van der Waals surface area contributed by atoms with Crippen LogP contribution in [0.5, 0.6) is 0 Å². The Labute approximate surface area is 151 Å². The molecule has 1 aliphatic heterocycles. The molecule has 10 heteroatoms. The molecule has 0 aliphatic carbocycles. The molecule has 1 aromatic carbocycles. The second-order valence-corrected chi connectivity index (χ2v) is 8.41. The van der Waals surface area contributed by atoms with E-state index in [-0.39, 0.29) is 18.0 Å². The van der Waals surface area contributed by atoms with Crippen LogP contribution in [0.3, 0.4) is 0 Å². The summed E-state index contributed by atoms with van der Waals surface area (Å²) in [5.74, 6) is -0.204. The molecule has 1 N–H and O–H groups in total. The highest BCUT2D eigenvalue weighted by atomic mass is 32.2. The number of fused-ring (bicyclic) bond motifs is 1. The minimum absolute atomic E-state index is 0.0187. The van der Waals surface area contributed by atoms with Crippen molar-refractivity contribution >= 4 is 21.7 Å². The van der Waals surface area contributed by atoms with Gasteiger partial charge in [0, 0.05) is 19.8 Å². The average molecular weight is 379 g/mol. The van der Waals surface area contributed by atoms with Gasteiger partial charge in [0.1, 0.15) is 17.7 Å². The van der Waals surface area contributed by atoms with Crippen LogP contribution in [0.4, 0.5) is 5.69 Å². The van der Waals surface area contributed by atoms with E-state index in [2.05, 4.69) is 10.2 Å². The Kier molecular flexibility index (Phi) is 4.49. The first kappa shape index (κ1) is 18.3. The number of carboxylic acid groups (broad SMARTS) is 1. The zero-order chi connectivity index (χ0) is 19.2. The van der Waals surface area contributed by atoms with E-state index in [1.807, 2.05) is 25.9 Å². The molecular formula is C16H21N5O4S. The number of anilines is 1. The summed E-state index contributed by atoms with van der Waals surface area (Å²) in [6, 6.07) is 3.57. The van der Waals surface area contributed by atoms with Crippen molar-refractivity contribution in [1.82, 2.24) is 19.1 Å². The maximum absolute atomic E-state index is 13.2. The highest BCUT2D eigenvalue weighted by molar-refractivity contribution is 7.89. The first-order valence-electron chi connectivity index (χ1n) is 8.04. The summed E-state index contributed by atoms with van der Waals surface area (Å²) < 4.78 is 29.0. The molecular weight excluding hydrogens is 358 g/mol. The number of nitrogens with zero attached hydrogens (tertiary/aromatic N) is 5. The third-order valence-corrected chi connectivity index (χ3v) is 6.42. The van der Waals surface area contributed by atoms with Gasteiger partial charge in [-0.05, 0) is 31.5 Å². The van der Waals surface area contributed by atoms with Crippen molar-refractivity contribution in [2.45, 2.75) is 37.9 Å². The molecule has 1 unspecified atom stereocenters. The number of carboxylic acids is 1. The third kappa shape index (κ3) is 2.95. The molecule has 26 heavy (non-hydrogen) atoms. The Balaban J connectivity index is 2.08. The Morgan fingerprint density at radius 1 is 1.27 bits per heavy atom. The van der Waals surface area contributed by atoms with Crippen molar-refractivity contribution in [3.05, 3.63) is 35.4 Å². The lowest BCUT2D eigenvalue weighted by Gasteiger charge is -2.32. The van der Waals surface area contributed by atoms with Gasteiger partial charge in [-0.25, -0.2) is 8.42 Å². The Bertz CT molecular complexity index is 967. The standard InChI is InChI=1S/C16H21N5O4S/c1-10-5-6-12(7-13(10)19(3)4)26(24,25)21-9-15-18-17-11(2)20(15)8-14(21)16(22)23/h5-7,14H,8-9H2,1-4H3,(H,22,23). The van der Waals surface area contributed by atoms with Crippen molar-refractivity contribution in [2.24, 2.45) is 0 Å². The Morgan fingerprint density at radius 2 is 1.96 bits per heavy atom. The lowest BCUT2D eigenvalue weighted by atomic mass is 10.2. The number of benzene rings is 1. The quantitative estimate of drug-likeness (QED) is 0.829. The van der Waals surface area contributed by atoms with Crippen LogP contribution < -0.4 is 4.90 Å². The van der Waals surface area contributed by atoms with Gasteiger partial charge in [0.15, 0.2) is 0 Å². The summed E-state index contributed by atoms with van der Waals surface area (Å²) in [7, 11) is -0.369. The van der Waals surface area contributed by atoms with Gasteiger partial charge in [-0.15, -0.1) is 10.2 Å². The van der Waals surface area contributed by atoms with E-state index in [1.54, 1.807) is 23.6 Å². The van der Waals surface area contributed by atoms with E-state index >= 15 is 0 Å². The topological polar surface area (TPSA) is 109 Å². The van der Waals surface area contributed by atoms with E-state index in [0.717, 1.165) is 15.6 Å². The van der Waals surface area contributed by atoms with Crippen molar-refractivity contribution in [3.8, 4) is 0 Å². The molecule has 2 heterocycles. The maximum atomic E-state index is 13.2. The van der Waals surface area contributed by atoms with Crippen LogP contribution in [0.15, 0.2) is 23.1 Å². The number of hydrogen-bond acceptors (Lipinski definition) is 6. The second-order valence-electron chi connectivity index (χ2n) is 6.52. The SMILES string of the molecule is Cc1ccc(S(=O)(=O)N2Cc3nnc(C)n3CC2C(=O)O)cc1N(C)C. The molecule has 0 spiro atoms. The maximum Gasteiger partial charge on any atom is 0.323 e.